The van der Waals surface area contributed by atoms with Crippen molar-refractivity contribution in [3.05, 3.63) is 16.2 Å². The van der Waals surface area contributed by atoms with E-state index in [1.54, 1.807) is 11.1 Å². The quantitative estimate of drug-likeness (QED) is 0.822. The second-order valence-corrected chi connectivity index (χ2v) is 7.22. The topological polar surface area (TPSA) is 71.7 Å². The number of rotatable bonds is 1. The van der Waals surface area contributed by atoms with E-state index >= 15 is 0 Å². The fourth-order valence-corrected chi connectivity index (χ4v) is 2.81. The molecule has 2 rings (SSSR count). The lowest BCUT2D eigenvalue weighted by Gasteiger charge is -2.36. The summed E-state index contributed by atoms with van der Waals surface area (Å²) in [4.78, 5) is 20.4. The minimum absolute atomic E-state index is 0.257. The standard InChI is InChI=1S/C15H23BrN4O2/c1-10-11(17)9-18-13(12(10)16)19-5-7-20(8-6-19)14(21)22-15(2,3)4/h9H,5-8,17H2,1-4H3. The maximum atomic E-state index is 12.1. The summed E-state index contributed by atoms with van der Waals surface area (Å²) in [5.41, 5.74) is 7.05. The molecule has 0 atom stereocenters. The van der Waals surface area contributed by atoms with Gasteiger partial charge in [0.15, 0.2) is 0 Å². The van der Waals surface area contributed by atoms with Crippen molar-refractivity contribution in [2.75, 3.05) is 36.8 Å². The van der Waals surface area contributed by atoms with Crippen LogP contribution in [-0.2, 0) is 4.74 Å². The molecular weight excluding hydrogens is 348 g/mol. The third-order valence-electron chi connectivity index (χ3n) is 3.52. The van der Waals surface area contributed by atoms with Crippen LogP contribution in [0.2, 0.25) is 0 Å². The summed E-state index contributed by atoms with van der Waals surface area (Å²) < 4.78 is 6.32. The largest absolute Gasteiger partial charge is 0.444 e. The number of nitrogens with zero attached hydrogens (tertiary/aromatic N) is 3. The lowest BCUT2D eigenvalue weighted by molar-refractivity contribution is 0.0240. The molecule has 122 valence electrons. The van der Waals surface area contributed by atoms with Gasteiger partial charge in [0, 0.05) is 26.2 Å². The first-order chi connectivity index (χ1) is 10.2. The van der Waals surface area contributed by atoms with Gasteiger partial charge in [-0.05, 0) is 49.2 Å². The molecule has 0 aromatic carbocycles. The fourth-order valence-electron chi connectivity index (χ4n) is 2.23. The Morgan fingerprint density at radius 2 is 1.91 bits per heavy atom. The van der Waals surface area contributed by atoms with Crippen molar-refractivity contribution in [3.63, 3.8) is 0 Å². The van der Waals surface area contributed by atoms with Crippen LogP contribution in [-0.4, -0.2) is 47.8 Å². The summed E-state index contributed by atoms with van der Waals surface area (Å²) in [7, 11) is 0. The highest BCUT2D eigenvalue weighted by Crippen LogP contribution is 2.31. The summed E-state index contributed by atoms with van der Waals surface area (Å²) in [6, 6.07) is 0. The third kappa shape index (κ3) is 3.82. The van der Waals surface area contributed by atoms with E-state index < -0.39 is 5.60 Å². The normalized spacial score (nSPS) is 15.9. The molecule has 0 aliphatic carbocycles. The van der Waals surface area contributed by atoms with Gasteiger partial charge in [0.05, 0.1) is 16.4 Å². The number of pyridine rings is 1. The number of aromatic nitrogens is 1. The lowest BCUT2D eigenvalue weighted by atomic mass is 10.2. The van der Waals surface area contributed by atoms with Gasteiger partial charge < -0.3 is 20.3 Å². The molecule has 2 N–H and O–H groups in total. The number of nitrogens with two attached hydrogens (primary N) is 1. The molecule has 1 aromatic rings. The smallest absolute Gasteiger partial charge is 0.410 e. The van der Waals surface area contributed by atoms with E-state index in [0.717, 1.165) is 15.9 Å². The Morgan fingerprint density at radius 3 is 2.45 bits per heavy atom. The molecule has 7 heteroatoms. The maximum absolute atomic E-state index is 12.1. The molecule has 0 unspecified atom stereocenters. The van der Waals surface area contributed by atoms with E-state index in [1.807, 2.05) is 27.7 Å². The number of anilines is 2. The van der Waals surface area contributed by atoms with Crippen molar-refractivity contribution in [1.82, 2.24) is 9.88 Å². The highest BCUT2D eigenvalue weighted by Gasteiger charge is 2.27. The van der Waals surface area contributed by atoms with Crippen LogP contribution in [0.5, 0.6) is 0 Å². The molecule has 0 saturated carbocycles. The zero-order valence-electron chi connectivity index (χ0n) is 13.5. The number of hydrogen-bond acceptors (Lipinski definition) is 5. The highest BCUT2D eigenvalue weighted by molar-refractivity contribution is 9.10. The van der Waals surface area contributed by atoms with E-state index in [4.69, 9.17) is 10.5 Å². The third-order valence-corrected chi connectivity index (χ3v) is 4.46. The molecule has 1 aromatic heterocycles. The van der Waals surface area contributed by atoms with Crippen LogP contribution >= 0.6 is 15.9 Å². The van der Waals surface area contributed by atoms with Gasteiger partial charge in [0.2, 0.25) is 0 Å². The van der Waals surface area contributed by atoms with Crippen LogP contribution in [0.1, 0.15) is 26.3 Å². The average Bonchev–Trinajstić information content (AvgIpc) is 2.43. The molecular formula is C15H23BrN4O2. The fraction of sp³-hybridized carbons (Fsp3) is 0.600. The molecule has 0 spiro atoms. The van der Waals surface area contributed by atoms with E-state index in [-0.39, 0.29) is 6.09 Å². The minimum Gasteiger partial charge on any atom is -0.444 e. The van der Waals surface area contributed by atoms with E-state index in [9.17, 15) is 4.79 Å². The lowest BCUT2D eigenvalue weighted by Crippen LogP contribution is -2.50. The number of hydrogen-bond donors (Lipinski definition) is 1. The molecule has 1 fully saturated rings. The number of ether oxygens (including phenoxy) is 1. The van der Waals surface area contributed by atoms with Gasteiger partial charge in [0.25, 0.3) is 0 Å². The van der Waals surface area contributed by atoms with Crippen molar-refractivity contribution in [2.45, 2.75) is 33.3 Å². The van der Waals surface area contributed by atoms with Crippen molar-refractivity contribution >= 4 is 33.5 Å². The summed E-state index contributed by atoms with van der Waals surface area (Å²) in [6.07, 6.45) is 1.42. The van der Waals surface area contributed by atoms with Crippen LogP contribution in [0.15, 0.2) is 10.7 Å². The van der Waals surface area contributed by atoms with Crippen LogP contribution < -0.4 is 10.6 Å². The summed E-state index contributed by atoms with van der Waals surface area (Å²) in [6.45, 7) is 10.3. The molecule has 1 saturated heterocycles. The Kier molecular flexibility index (Phi) is 4.84. The monoisotopic (exact) mass is 370 g/mol. The van der Waals surface area contributed by atoms with E-state index in [2.05, 4.69) is 25.8 Å². The first-order valence-corrected chi connectivity index (χ1v) is 8.12. The molecule has 1 amide bonds. The van der Waals surface area contributed by atoms with Crippen LogP contribution in [0.25, 0.3) is 0 Å². The van der Waals surface area contributed by atoms with Crippen molar-refractivity contribution in [3.8, 4) is 0 Å². The molecule has 0 radical (unpaired) electrons. The van der Waals surface area contributed by atoms with Gasteiger partial charge in [-0.2, -0.15) is 0 Å². The maximum Gasteiger partial charge on any atom is 0.410 e. The Morgan fingerprint density at radius 1 is 1.32 bits per heavy atom. The molecule has 22 heavy (non-hydrogen) atoms. The Bertz CT molecular complexity index is 563. The number of carbonyl (C=O) groups excluding carboxylic acids is 1. The molecule has 1 aliphatic rings. The zero-order valence-corrected chi connectivity index (χ0v) is 15.1. The second kappa shape index (κ2) is 6.32. The average molecular weight is 371 g/mol. The first-order valence-electron chi connectivity index (χ1n) is 7.32. The van der Waals surface area contributed by atoms with Gasteiger partial charge in [-0.3, -0.25) is 0 Å². The molecule has 6 nitrogen and oxygen atoms in total. The number of halogens is 1. The van der Waals surface area contributed by atoms with Gasteiger partial charge >= 0.3 is 6.09 Å². The number of carbonyl (C=O) groups is 1. The summed E-state index contributed by atoms with van der Waals surface area (Å²) >= 11 is 3.56. The molecule has 1 aliphatic heterocycles. The Labute approximate surface area is 139 Å². The minimum atomic E-state index is -0.465. The SMILES string of the molecule is Cc1c(N)cnc(N2CCN(C(=O)OC(C)(C)C)CC2)c1Br. The van der Waals surface area contributed by atoms with Crippen LogP contribution in [0.4, 0.5) is 16.3 Å². The first kappa shape index (κ1) is 16.9. The van der Waals surface area contributed by atoms with Gasteiger partial charge in [-0.1, -0.05) is 0 Å². The second-order valence-electron chi connectivity index (χ2n) is 6.43. The van der Waals surface area contributed by atoms with Gasteiger partial charge in [-0.15, -0.1) is 0 Å². The molecule has 2 heterocycles. The van der Waals surface area contributed by atoms with E-state index in [1.165, 1.54) is 0 Å². The van der Waals surface area contributed by atoms with Crippen molar-refractivity contribution in [2.24, 2.45) is 0 Å². The zero-order chi connectivity index (χ0) is 16.5. The van der Waals surface area contributed by atoms with Crippen LogP contribution in [0, 0.1) is 6.92 Å². The summed E-state index contributed by atoms with van der Waals surface area (Å²) in [5.74, 6) is 0.871. The number of nitrogen functional groups attached to an aromatic ring is 1. The number of amides is 1. The van der Waals surface area contributed by atoms with Crippen molar-refractivity contribution < 1.29 is 9.53 Å². The van der Waals surface area contributed by atoms with Gasteiger partial charge in [0.1, 0.15) is 11.4 Å². The van der Waals surface area contributed by atoms with Crippen molar-refractivity contribution in [1.29, 1.82) is 0 Å². The predicted octanol–water partition coefficient (Wildman–Crippen LogP) is 2.79. The Hall–Kier alpha value is -1.50. The molecule has 0 bridgehead atoms. The number of piperazine rings is 1. The summed E-state index contributed by atoms with van der Waals surface area (Å²) in [5, 5.41) is 0. The Balaban J connectivity index is 2.01. The predicted molar refractivity (Wildman–Crippen MR) is 91.1 cm³/mol. The van der Waals surface area contributed by atoms with E-state index in [0.29, 0.717) is 31.9 Å². The van der Waals surface area contributed by atoms with Crippen LogP contribution in [0.3, 0.4) is 0 Å². The highest BCUT2D eigenvalue weighted by atomic mass is 79.9. The van der Waals surface area contributed by atoms with Gasteiger partial charge in [-0.25, -0.2) is 9.78 Å².